The molecule has 0 spiro atoms. The second-order valence-electron chi connectivity index (χ2n) is 5.71. The minimum Gasteiger partial charge on any atom is -0.495 e. The number of rotatable bonds is 4. The van der Waals surface area contributed by atoms with Gasteiger partial charge in [-0.2, -0.15) is 0 Å². The molecule has 0 radical (unpaired) electrons. The number of nitrogens with zero attached hydrogens (tertiary/aromatic N) is 1. The van der Waals surface area contributed by atoms with Crippen LogP contribution in [0.1, 0.15) is 23.5 Å². The molecule has 1 aliphatic heterocycles. The Hall–Kier alpha value is -2.00. The Bertz CT molecular complexity index is 597. The normalized spacial score (nSPS) is 18.8. The first kappa shape index (κ1) is 14.0. The largest absolute Gasteiger partial charge is 0.495 e. The van der Waals surface area contributed by atoms with E-state index < -0.39 is 0 Å². The number of likely N-dealkylation sites (tertiary alicyclic amines) is 1. The molecule has 2 N–H and O–H groups in total. The van der Waals surface area contributed by atoms with Crippen molar-refractivity contribution in [3.63, 3.8) is 0 Å². The number of nitrogens with two attached hydrogens (primary N) is 1. The maximum absolute atomic E-state index is 5.89. The summed E-state index contributed by atoms with van der Waals surface area (Å²) in [6.07, 6.45) is 1.19. The molecule has 0 unspecified atom stereocenters. The number of anilines is 1. The van der Waals surface area contributed by atoms with Crippen LogP contribution in [0.2, 0.25) is 0 Å². The molecule has 1 aliphatic rings. The third-order valence-electron chi connectivity index (χ3n) is 4.25. The summed E-state index contributed by atoms with van der Waals surface area (Å²) in [5.74, 6) is 1.36. The van der Waals surface area contributed by atoms with E-state index in [4.69, 9.17) is 10.5 Å². The average Bonchev–Trinajstić information content (AvgIpc) is 2.97. The lowest BCUT2D eigenvalue weighted by molar-refractivity contribution is 0.327. The Morgan fingerprint density at radius 3 is 2.76 bits per heavy atom. The monoisotopic (exact) mass is 282 g/mol. The average molecular weight is 282 g/mol. The van der Waals surface area contributed by atoms with Crippen molar-refractivity contribution in [2.75, 3.05) is 25.9 Å². The van der Waals surface area contributed by atoms with Gasteiger partial charge in [0.2, 0.25) is 0 Å². The van der Waals surface area contributed by atoms with Crippen molar-refractivity contribution in [3.8, 4) is 5.75 Å². The van der Waals surface area contributed by atoms with Gasteiger partial charge in [-0.1, -0.05) is 36.4 Å². The molecule has 0 aliphatic carbocycles. The summed E-state index contributed by atoms with van der Waals surface area (Å²) < 4.78 is 5.33. The van der Waals surface area contributed by atoms with E-state index in [9.17, 15) is 0 Å². The van der Waals surface area contributed by atoms with Crippen molar-refractivity contribution >= 4 is 5.69 Å². The summed E-state index contributed by atoms with van der Waals surface area (Å²) in [5, 5.41) is 0. The zero-order chi connectivity index (χ0) is 14.7. The first-order chi connectivity index (χ1) is 10.3. The number of hydrogen-bond donors (Lipinski definition) is 1. The Labute approximate surface area is 126 Å². The summed E-state index contributed by atoms with van der Waals surface area (Å²) >= 11 is 0. The van der Waals surface area contributed by atoms with E-state index in [1.807, 2.05) is 6.07 Å². The van der Waals surface area contributed by atoms with Gasteiger partial charge in [-0.05, 0) is 42.1 Å². The predicted octanol–water partition coefficient (Wildman–Crippen LogP) is 3.27. The predicted molar refractivity (Wildman–Crippen MR) is 86.5 cm³/mol. The first-order valence-corrected chi connectivity index (χ1v) is 7.46. The summed E-state index contributed by atoms with van der Waals surface area (Å²) in [7, 11) is 1.67. The van der Waals surface area contributed by atoms with Crippen LogP contribution in [0.3, 0.4) is 0 Å². The van der Waals surface area contributed by atoms with Crippen molar-refractivity contribution in [2.45, 2.75) is 18.9 Å². The molecule has 1 atom stereocenters. The fraction of sp³-hybridized carbons (Fsp3) is 0.333. The quantitative estimate of drug-likeness (QED) is 0.875. The number of benzene rings is 2. The van der Waals surface area contributed by atoms with Gasteiger partial charge in [0.1, 0.15) is 5.75 Å². The molecule has 21 heavy (non-hydrogen) atoms. The highest BCUT2D eigenvalue weighted by Crippen LogP contribution is 2.32. The fourth-order valence-corrected chi connectivity index (χ4v) is 3.07. The van der Waals surface area contributed by atoms with Crippen LogP contribution in [-0.4, -0.2) is 25.1 Å². The van der Waals surface area contributed by atoms with Gasteiger partial charge in [0.15, 0.2) is 0 Å². The molecule has 1 saturated heterocycles. The molecule has 1 fully saturated rings. The SMILES string of the molecule is COc1cc([C@@H]2CCN(Cc3ccccc3)C2)ccc1N. The third-order valence-corrected chi connectivity index (χ3v) is 4.25. The van der Waals surface area contributed by atoms with Crippen molar-refractivity contribution in [2.24, 2.45) is 0 Å². The third kappa shape index (κ3) is 3.19. The molecule has 3 rings (SSSR count). The van der Waals surface area contributed by atoms with Gasteiger partial charge >= 0.3 is 0 Å². The molecule has 0 saturated carbocycles. The fourth-order valence-electron chi connectivity index (χ4n) is 3.07. The van der Waals surface area contributed by atoms with Crippen LogP contribution < -0.4 is 10.5 Å². The van der Waals surface area contributed by atoms with Crippen molar-refractivity contribution < 1.29 is 4.74 Å². The Balaban J connectivity index is 1.67. The molecule has 2 aromatic rings. The van der Waals surface area contributed by atoms with E-state index in [0.717, 1.165) is 25.4 Å². The molecule has 1 heterocycles. The van der Waals surface area contributed by atoms with Gasteiger partial charge in [0.05, 0.1) is 12.8 Å². The van der Waals surface area contributed by atoms with Crippen LogP contribution in [0.15, 0.2) is 48.5 Å². The lowest BCUT2D eigenvalue weighted by atomic mass is 9.98. The van der Waals surface area contributed by atoms with Crippen molar-refractivity contribution in [1.29, 1.82) is 0 Å². The van der Waals surface area contributed by atoms with E-state index >= 15 is 0 Å². The zero-order valence-electron chi connectivity index (χ0n) is 12.5. The van der Waals surface area contributed by atoms with Crippen LogP contribution in [0.4, 0.5) is 5.69 Å². The molecule has 0 aromatic heterocycles. The minimum absolute atomic E-state index is 0.572. The number of methoxy groups -OCH3 is 1. The molecule has 110 valence electrons. The lowest BCUT2D eigenvalue weighted by Crippen LogP contribution is -2.19. The molecular formula is C18H22N2O. The molecule has 2 aromatic carbocycles. The van der Waals surface area contributed by atoms with Gasteiger partial charge in [-0.15, -0.1) is 0 Å². The van der Waals surface area contributed by atoms with Crippen LogP contribution in [0.25, 0.3) is 0 Å². The van der Waals surface area contributed by atoms with Gasteiger partial charge in [-0.3, -0.25) is 4.90 Å². The molecule has 0 amide bonds. The number of ether oxygens (including phenoxy) is 1. The van der Waals surface area contributed by atoms with Crippen molar-refractivity contribution in [3.05, 3.63) is 59.7 Å². The van der Waals surface area contributed by atoms with Crippen molar-refractivity contribution in [1.82, 2.24) is 4.90 Å². The van der Waals surface area contributed by atoms with Gasteiger partial charge < -0.3 is 10.5 Å². The minimum atomic E-state index is 0.572. The lowest BCUT2D eigenvalue weighted by Gasteiger charge is -2.17. The number of hydrogen-bond acceptors (Lipinski definition) is 3. The van der Waals surface area contributed by atoms with E-state index in [-0.39, 0.29) is 0 Å². The summed E-state index contributed by atoms with van der Waals surface area (Å²) in [5.41, 5.74) is 9.31. The van der Waals surface area contributed by atoms with Crippen LogP contribution in [0.5, 0.6) is 5.75 Å². The van der Waals surface area contributed by atoms with E-state index in [1.54, 1.807) is 7.11 Å². The van der Waals surface area contributed by atoms with Gasteiger partial charge in [0.25, 0.3) is 0 Å². The Kier molecular flexibility index (Phi) is 4.11. The summed E-state index contributed by atoms with van der Waals surface area (Å²) in [6.45, 7) is 3.28. The maximum Gasteiger partial charge on any atom is 0.142 e. The zero-order valence-corrected chi connectivity index (χ0v) is 12.5. The van der Waals surface area contributed by atoms with E-state index in [0.29, 0.717) is 11.6 Å². The number of nitrogen functional groups attached to an aromatic ring is 1. The molecular weight excluding hydrogens is 260 g/mol. The standard InChI is InChI=1S/C18H22N2O/c1-21-18-11-15(7-8-17(18)19)16-9-10-20(13-16)12-14-5-3-2-4-6-14/h2-8,11,16H,9-10,12-13,19H2,1H3/t16-/m1/s1. The molecule has 3 nitrogen and oxygen atoms in total. The highest BCUT2D eigenvalue weighted by molar-refractivity contribution is 5.54. The summed E-state index contributed by atoms with van der Waals surface area (Å²) in [6, 6.07) is 16.8. The first-order valence-electron chi connectivity index (χ1n) is 7.46. The smallest absolute Gasteiger partial charge is 0.142 e. The summed E-state index contributed by atoms with van der Waals surface area (Å²) in [4.78, 5) is 2.52. The highest BCUT2D eigenvalue weighted by atomic mass is 16.5. The maximum atomic E-state index is 5.89. The Morgan fingerprint density at radius 1 is 1.19 bits per heavy atom. The van der Waals surface area contributed by atoms with E-state index in [2.05, 4.69) is 47.4 Å². The molecule has 0 bridgehead atoms. The highest BCUT2D eigenvalue weighted by Gasteiger charge is 2.24. The van der Waals surface area contributed by atoms with Gasteiger partial charge in [-0.25, -0.2) is 0 Å². The van der Waals surface area contributed by atoms with Crippen LogP contribution >= 0.6 is 0 Å². The second-order valence-corrected chi connectivity index (χ2v) is 5.71. The van der Waals surface area contributed by atoms with Crippen LogP contribution in [0, 0.1) is 0 Å². The second kappa shape index (κ2) is 6.19. The van der Waals surface area contributed by atoms with Gasteiger partial charge in [0, 0.05) is 13.1 Å². The Morgan fingerprint density at radius 2 is 2.00 bits per heavy atom. The van der Waals surface area contributed by atoms with Crippen LogP contribution in [-0.2, 0) is 6.54 Å². The van der Waals surface area contributed by atoms with E-state index in [1.165, 1.54) is 17.5 Å². The molecule has 3 heteroatoms. The topological polar surface area (TPSA) is 38.5 Å².